The second-order valence-electron chi connectivity index (χ2n) is 5.78. The highest BCUT2D eigenvalue weighted by Crippen LogP contribution is 2.44. The number of fused-ring (bicyclic) bond motifs is 1. The van der Waals surface area contributed by atoms with E-state index in [1.165, 1.54) is 7.05 Å². The Hall–Kier alpha value is -1.31. The first-order valence-electron chi connectivity index (χ1n) is 6.24. The summed E-state index contributed by atoms with van der Waals surface area (Å²) in [5.74, 6) is 0.737. The molecule has 1 aromatic rings. The monoisotopic (exact) mass is 300 g/mol. The van der Waals surface area contributed by atoms with Gasteiger partial charge in [-0.1, -0.05) is 13.8 Å². The highest BCUT2D eigenvalue weighted by atomic mass is 32.2. The average molecular weight is 300 g/mol. The summed E-state index contributed by atoms with van der Waals surface area (Å²) in [5, 5.41) is 0. The molecule has 0 bridgehead atoms. The van der Waals surface area contributed by atoms with Gasteiger partial charge in [-0.25, -0.2) is 0 Å². The summed E-state index contributed by atoms with van der Waals surface area (Å²) in [4.78, 5) is 1.98. The van der Waals surface area contributed by atoms with Crippen LogP contribution in [0.2, 0.25) is 0 Å². The zero-order valence-electron chi connectivity index (χ0n) is 12.3. The van der Waals surface area contributed by atoms with Crippen LogP contribution in [0.4, 0.5) is 5.69 Å². The van der Waals surface area contributed by atoms with Crippen molar-refractivity contribution in [2.45, 2.75) is 25.5 Å². The normalized spacial score (nSPS) is 20.6. The fourth-order valence-electron chi connectivity index (χ4n) is 2.60. The van der Waals surface area contributed by atoms with Crippen molar-refractivity contribution < 1.29 is 17.7 Å². The largest absolute Gasteiger partial charge is 0.474 e. The van der Waals surface area contributed by atoms with Gasteiger partial charge in [-0.05, 0) is 32.3 Å². The third-order valence-corrected chi connectivity index (χ3v) is 4.59. The summed E-state index contributed by atoms with van der Waals surface area (Å²) >= 11 is 0. The number of benzene rings is 1. The van der Waals surface area contributed by atoms with Crippen molar-refractivity contribution in [2.75, 3.05) is 25.4 Å². The Labute approximate surface area is 119 Å². The molecular formula is C13H20N2O4S. The van der Waals surface area contributed by atoms with Gasteiger partial charge >= 0.3 is 10.3 Å². The van der Waals surface area contributed by atoms with Crippen LogP contribution >= 0.6 is 0 Å². The molecule has 1 atom stereocenters. The third kappa shape index (κ3) is 2.36. The van der Waals surface area contributed by atoms with Gasteiger partial charge in [0.05, 0.1) is 5.69 Å². The first kappa shape index (κ1) is 15.1. The van der Waals surface area contributed by atoms with E-state index in [9.17, 15) is 8.42 Å². The molecule has 2 rings (SSSR count). The second kappa shape index (κ2) is 4.61. The number of hydrogen-bond donors (Lipinski definition) is 1. The fraction of sp³-hybridized carbons (Fsp3) is 0.538. The molecule has 0 amide bonds. The van der Waals surface area contributed by atoms with Crippen molar-refractivity contribution >= 4 is 16.0 Å². The van der Waals surface area contributed by atoms with Gasteiger partial charge in [0.25, 0.3) is 0 Å². The molecule has 7 heteroatoms. The van der Waals surface area contributed by atoms with E-state index in [1.807, 2.05) is 32.8 Å². The predicted molar refractivity (Wildman–Crippen MR) is 77.5 cm³/mol. The summed E-state index contributed by atoms with van der Waals surface area (Å²) in [6.45, 7) is 4.08. The second-order valence-corrected chi connectivity index (χ2v) is 7.22. The van der Waals surface area contributed by atoms with Crippen LogP contribution in [0, 0.1) is 0 Å². The number of ether oxygens (including phenoxy) is 1. The van der Waals surface area contributed by atoms with Crippen molar-refractivity contribution in [3.63, 3.8) is 0 Å². The number of likely N-dealkylation sites (N-methyl/N-ethyl adjacent to an activating group) is 1. The molecule has 6 nitrogen and oxygen atoms in total. The molecule has 112 valence electrons. The summed E-state index contributed by atoms with van der Waals surface area (Å²) in [6, 6.07) is 5.09. The van der Waals surface area contributed by atoms with E-state index < -0.39 is 10.3 Å². The van der Waals surface area contributed by atoms with Gasteiger partial charge in [0.15, 0.2) is 6.23 Å². The van der Waals surface area contributed by atoms with Gasteiger partial charge in [-0.15, -0.1) is 0 Å². The molecule has 0 radical (unpaired) electrons. The minimum Gasteiger partial charge on any atom is -0.474 e. The number of anilines is 1. The lowest BCUT2D eigenvalue weighted by Gasteiger charge is -2.31. The van der Waals surface area contributed by atoms with Crippen molar-refractivity contribution in [3.05, 3.63) is 23.8 Å². The minimum atomic E-state index is -4.26. The van der Waals surface area contributed by atoms with Crippen molar-refractivity contribution in [1.29, 1.82) is 0 Å². The summed E-state index contributed by atoms with van der Waals surface area (Å²) < 4.78 is 38.3. The van der Waals surface area contributed by atoms with Gasteiger partial charge in [0.1, 0.15) is 5.75 Å². The average Bonchev–Trinajstić information content (AvgIpc) is 2.59. The molecule has 0 aromatic heterocycles. The van der Waals surface area contributed by atoms with E-state index in [0.717, 1.165) is 15.6 Å². The predicted octanol–water partition coefficient (Wildman–Crippen LogP) is 1.48. The first-order chi connectivity index (χ1) is 9.05. The summed E-state index contributed by atoms with van der Waals surface area (Å²) in [5.41, 5.74) is 1.04. The maximum absolute atomic E-state index is 11.2. The topological polar surface area (TPSA) is 70.1 Å². The molecule has 0 saturated carbocycles. The van der Waals surface area contributed by atoms with Crippen molar-refractivity contribution in [2.24, 2.45) is 0 Å². The highest BCUT2D eigenvalue weighted by Gasteiger charge is 2.43. The third-order valence-electron chi connectivity index (χ3n) is 3.69. The molecular weight excluding hydrogens is 280 g/mol. The van der Waals surface area contributed by atoms with Gasteiger partial charge in [-0.2, -0.15) is 8.42 Å². The molecule has 1 unspecified atom stereocenters. The Morgan fingerprint density at radius 1 is 1.25 bits per heavy atom. The van der Waals surface area contributed by atoms with Gasteiger partial charge in [0, 0.05) is 18.0 Å². The smallest absolute Gasteiger partial charge is 0.359 e. The van der Waals surface area contributed by atoms with Crippen LogP contribution in [0.15, 0.2) is 18.2 Å². The Morgan fingerprint density at radius 3 is 2.35 bits per heavy atom. The minimum absolute atomic E-state index is 0.121. The zero-order chi connectivity index (χ0) is 15.3. The molecule has 0 spiro atoms. The van der Waals surface area contributed by atoms with E-state index in [2.05, 4.69) is 0 Å². The highest BCUT2D eigenvalue weighted by molar-refractivity contribution is 7.87. The molecule has 1 N–H and O–H groups in total. The van der Waals surface area contributed by atoms with Gasteiger partial charge < -0.3 is 4.74 Å². The Kier molecular flexibility index (Phi) is 3.48. The lowest BCUT2D eigenvalue weighted by atomic mass is 9.84. The van der Waals surface area contributed by atoms with Gasteiger partial charge in [0.2, 0.25) is 0 Å². The number of nitrogens with zero attached hydrogens (tertiary/aromatic N) is 2. The van der Waals surface area contributed by atoms with Crippen LogP contribution in [0.5, 0.6) is 5.75 Å². The van der Waals surface area contributed by atoms with Crippen LogP contribution in [0.1, 0.15) is 19.4 Å². The van der Waals surface area contributed by atoms with E-state index in [-0.39, 0.29) is 11.6 Å². The van der Waals surface area contributed by atoms with E-state index >= 15 is 0 Å². The molecule has 1 aliphatic heterocycles. The van der Waals surface area contributed by atoms with Gasteiger partial charge in [-0.3, -0.25) is 13.8 Å². The Bertz CT molecular complexity index is 625. The van der Waals surface area contributed by atoms with E-state index in [4.69, 9.17) is 9.29 Å². The summed E-state index contributed by atoms with van der Waals surface area (Å²) in [6.07, 6.45) is -0.121. The van der Waals surface area contributed by atoms with Crippen molar-refractivity contribution in [3.8, 4) is 5.75 Å². The molecule has 0 fully saturated rings. The number of hydrogen-bond acceptors (Lipinski definition) is 4. The molecule has 1 aromatic carbocycles. The number of rotatable bonds is 3. The standard InChI is InChI=1S/C13H20N2O4S/c1-13(2)10-8-9(15(5)20(16,17)18)6-7-11(10)19-12(13)14(3)4/h6-8,12H,1-5H3,(H,16,17,18). The molecule has 0 saturated heterocycles. The maximum Gasteiger partial charge on any atom is 0.359 e. The molecule has 20 heavy (non-hydrogen) atoms. The molecule has 1 aliphatic rings. The van der Waals surface area contributed by atoms with Crippen LogP contribution in [-0.4, -0.2) is 45.2 Å². The first-order valence-corrected chi connectivity index (χ1v) is 7.64. The van der Waals surface area contributed by atoms with Crippen LogP contribution < -0.4 is 9.04 Å². The fourth-order valence-corrected chi connectivity index (χ4v) is 2.98. The molecule has 1 heterocycles. The summed E-state index contributed by atoms with van der Waals surface area (Å²) in [7, 11) is 0.919. The maximum atomic E-state index is 11.2. The Balaban J connectivity index is 2.48. The van der Waals surface area contributed by atoms with Crippen molar-refractivity contribution in [1.82, 2.24) is 4.90 Å². The van der Waals surface area contributed by atoms with E-state index in [0.29, 0.717) is 5.69 Å². The van der Waals surface area contributed by atoms with Crippen LogP contribution in [0.25, 0.3) is 0 Å². The SMILES string of the molecule is CN(C)C1Oc2ccc(N(C)S(=O)(=O)O)cc2C1(C)C. The zero-order valence-corrected chi connectivity index (χ0v) is 13.1. The van der Waals surface area contributed by atoms with Crippen LogP contribution in [-0.2, 0) is 15.7 Å². The van der Waals surface area contributed by atoms with Crippen LogP contribution in [0.3, 0.4) is 0 Å². The van der Waals surface area contributed by atoms with E-state index in [1.54, 1.807) is 18.2 Å². The lowest BCUT2D eigenvalue weighted by molar-refractivity contribution is 0.0338. The Morgan fingerprint density at radius 2 is 1.85 bits per heavy atom. The quantitative estimate of drug-likeness (QED) is 0.856. The molecule has 0 aliphatic carbocycles. The lowest BCUT2D eigenvalue weighted by Crippen LogP contribution is -2.43.